The normalized spacial score (nSPS) is 35.8. The van der Waals surface area contributed by atoms with Crippen molar-refractivity contribution in [2.75, 3.05) is 40.6 Å². The monoisotopic (exact) mass is 1140 g/mol. The number of amides is 1. The number of Topliss-reactive ketones (excluding diaryl/α,β-unsaturated/α-hetero) is 3. The fraction of sp³-hybridized carbons (Fsp3) is 0.787. The van der Waals surface area contributed by atoms with Crippen LogP contribution >= 0.6 is 0 Å². The average molecular weight is 1140 g/mol. The number of allylic oxidation sites excluding steroid dienone is 6. The smallest absolute Gasteiger partial charge is 0.416 e. The first kappa shape index (κ1) is 68.8. The number of methoxy groups -OCH3 is 2. The standard InChI is InChI=1S/C61H96F3NO15/c1-37-19-15-14-16-20-38(2)50(80-58(8,9)26-29-77-59(10,11)61(62,63)64)35-45-24-22-43(7)60(73,79-45)55(70)56(71)65-27-18-17-21-46(65)57(72)78-49(40(4)33-44-23-25-48(76-30-28-66)51(34-44)74-12)36-47(67)39(3)32-42(6)53(69)54(75-13)52(68)41(5)31-37/h14-16,19-20,32,37,39-41,43-46,48-51,53-54,66,69,73H,17-18,21-31,33-36H2,1-13H3/b16-14+,19-15+,38-20+,42-32+/t37-,39-,40-,41-,43-,44?,45+,46+,48-,49?,50-,51-,53-,54+,60-/m1/s1. The molecule has 0 aromatic rings. The molecule has 1 amide bonds. The molecule has 0 radical (unpaired) electrons. The number of rotatable bonds is 14. The van der Waals surface area contributed by atoms with Crippen LogP contribution in [0.1, 0.15) is 160 Å². The molecule has 3 heterocycles. The van der Waals surface area contributed by atoms with Crippen LogP contribution < -0.4 is 0 Å². The van der Waals surface area contributed by atoms with Crippen molar-refractivity contribution in [1.29, 1.82) is 0 Å². The highest BCUT2D eigenvalue weighted by atomic mass is 19.4. The van der Waals surface area contributed by atoms with E-state index in [1.807, 2.05) is 39.0 Å². The van der Waals surface area contributed by atoms with E-state index in [-0.39, 0.29) is 94.1 Å². The van der Waals surface area contributed by atoms with Crippen LogP contribution in [0.5, 0.6) is 0 Å². The molecule has 15 atom stereocenters. The maximum absolute atomic E-state index is 14.6. The number of aliphatic hydroxyl groups excluding tert-OH is 2. The van der Waals surface area contributed by atoms with Gasteiger partial charge < -0.3 is 53.4 Å². The Labute approximate surface area is 473 Å². The van der Waals surface area contributed by atoms with Crippen molar-refractivity contribution in [1.82, 2.24) is 4.90 Å². The Bertz CT molecular complexity index is 2170. The SMILES string of the molecule is CO[C@@H]1CC(C[C@@H](C)C2CC(=O)[C@H](C)/C=C(\C)[C@@H](O)[C@@H](OC)C(=O)[C@H](C)C[C@H](C)/C=C/C=C/C=C(\C)[C@H](OC(C)(C)CCOC(C)(C)C(F)(F)F)C[C@@H]3CC[C@@H](C)[C@@](O)(O3)C(=O)C(=O)N3CCCC[C@H]3C(=O)O2)CC[C@H]1OCCO. The fourth-order valence-corrected chi connectivity index (χ4v) is 11.4. The number of carbonyl (C=O) groups is 5. The second kappa shape index (κ2) is 30.8. The number of esters is 1. The molecule has 3 fully saturated rings. The number of alkyl halides is 3. The third-order valence-corrected chi connectivity index (χ3v) is 16.9. The summed E-state index contributed by atoms with van der Waals surface area (Å²) in [7, 11) is 2.95. The summed E-state index contributed by atoms with van der Waals surface area (Å²) in [5.41, 5.74) is -2.42. The van der Waals surface area contributed by atoms with Crippen LogP contribution in [0.15, 0.2) is 47.6 Å². The number of ketones is 3. The zero-order valence-electron chi connectivity index (χ0n) is 49.9. The predicted octanol–water partition coefficient (Wildman–Crippen LogP) is 9.09. The Morgan fingerprint density at radius 3 is 2.20 bits per heavy atom. The molecule has 2 unspecified atom stereocenters. The lowest BCUT2D eigenvalue weighted by molar-refractivity contribution is -0.269. The van der Waals surface area contributed by atoms with Gasteiger partial charge in [0.25, 0.3) is 11.7 Å². The molecule has 0 aromatic heterocycles. The van der Waals surface area contributed by atoms with Gasteiger partial charge in [0.2, 0.25) is 5.79 Å². The van der Waals surface area contributed by atoms with Gasteiger partial charge in [-0.2, -0.15) is 13.2 Å². The van der Waals surface area contributed by atoms with Crippen molar-refractivity contribution in [3.05, 3.63) is 47.6 Å². The molecule has 1 saturated carbocycles. The van der Waals surface area contributed by atoms with Crippen LogP contribution in [-0.2, 0) is 57.1 Å². The second-order valence-electron chi connectivity index (χ2n) is 24.4. The number of cyclic esters (lactones) is 1. The minimum absolute atomic E-state index is 0.00499. The summed E-state index contributed by atoms with van der Waals surface area (Å²) >= 11 is 0. The third-order valence-electron chi connectivity index (χ3n) is 16.9. The van der Waals surface area contributed by atoms with Crippen LogP contribution in [0.3, 0.4) is 0 Å². The summed E-state index contributed by atoms with van der Waals surface area (Å²) in [4.78, 5) is 73.1. The molecule has 3 aliphatic heterocycles. The topological polar surface area (TPSA) is 214 Å². The fourth-order valence-electron chi connectivity index (χ4n) is 11.4. The zero-order valence-corrected chi connectivity index (χ0v) is 49.9. The molecule has 2 bridgehead atoms. The summed E-state index contributed by atoms with van der Waals surface area (Å²) in [5.74, 6) is -8.96. The zero-order chi connectivity index (χ0) is 59.9. The third kappa shape index (κ3) is 19.2. The number of halogens is 3. The van der Waals surface area contributed by atoms with E-state index in [0.717, 1.165) is 25.2 Å². The van der Waals surface area contributed by atoms with Crippen molar-refractivity contribution >= 4 is 29.2 Å². The first-order valence-corrected chi connectivity index (χ1v) is 29.0. The Morgan fingerprint density at radius 2 is 1.55 bits per heavy atom. The Hall–Kier alpha value is -3.66. The molecular formula is C61H96F3NO15. The highest BCUT2D eigenvalue weighted by Gasteiger charge is 2.54. The lowest BCUT2D eigenvalue weighted by Crippen LogP contribution is -2.61. The first-order valence-electron chi connectivity index (χ1n) is 29.0. The van der Waals surface area contributed by atoms with Crippen LogP contribution in [0.2, 0.25) is 0 Å². The van der Waals surface area contributed by atoms with E-state index in [2.05, 4.69) is 0 Å². The van der Waals surface area contributed by atoms with Crippen LogP contribution in [0, 0.1) is 35.5 Å². The van der Waals surface area contributed by atoms with Crippen molar-refractivity contribution in [3.8, 4) is 0 Å². The molecule has 16 nitrogen and oxygen atoms in total. The molecule has 1 aliphatic carbocycles. The number of aliphatic hydroxyl groups is 3. The van der Waals surface area contributed by atoms with Gasteiger partial charge in [0.1, 0.15) is 30.1 Å². The van der Waals surface area contributed by atoms with Crippen LogP contribution in [0.4, 0.5) is 13.2 Å². The molecule has 19 heteroatoms. The van der Waals surface area contributed by atoms with Crippen LogP contribution in [0.25, 0.3) is 0 Å². The number of ether oxygens (including phenoxy) is 7. The number of fused-ring (bicyclic) bond motifs is 3. The molecule has 4 rings (SSSR count). The largest absolute Gasteiger partial charge is 0.460 e. The number of nitrogens with zero attached hydrogens (tertiary/aromatic N) is 1. The van der Waals surface area contributed by atoms with Gasteiger partial charge in [-0.25, -0.2) is 4.79 Å². The highest BCUT2D eigenvalue weighted by molar-refractivity contribution is 6.39. The van der Waals surface area contributed by atoms with Crippen molar-refractivity contribution < 1.29 is 85.6 Å². The van der Waals surface area contributed by atoms with E-state index in [9.17, 15) is 52.5 Å². The minimum Gasteiger partial charge on any atom is -0.460 e. The lowest BCUT2D eigenvalue weighted by Gasteiger charge is -2.43. The number of hydrogen-bond acceptors (Lipinski definition) is 15. The average Bonchev–Trinajstić information content (AvgIpc) is 3.39. The predicted molar refractivity (Wildman–Crippen MR) is 295 cm³/mol. The van der Waals surface area contributed by atoms with E-state index in [0.29, 0.717) is 56.1 Å². The molecule has 0 aromatic carbocycles. The molecular weight excluding hydrogens is 1040 g/mol. The van der Waals surface area contributed by atoms with Gasteiger partial charge in [-0.15, -0.1) is 0 Å². The quantitative estimate of drug-likeness (QED) is 0.0841. The number of carbonyl (C=O) groups excluding carboxylic acids is 5. The minimum atomic E-state index is -4.60. The van der Waals surface area contributed by atoms with E-state index < -0.39 is 101 Å². The van der Waals surface area contributed by atoms with Crippen LogP contribution in [-0.4, -0.2) is 162 Å². The summed E-state index contributed by atoms with van der Waals surface area (Å²) < 4.78 is 83.0. The van der Waals surface area contributed by atoms with Crippen molar-refractivity contribution in [2.24, 2.45) is 35.5 Å². The molecule has 2 saturated heterocycles. The van der Waals surface area contributed by atoms with E-state index >= 15 is 0 Å². The Morgan fingerprint density at radius 1 is 0.850 bits per heavy atom. The van der Waals surface area contributed by atoms with Gasteiger partial charge >= 0.3 is 12.1 Å². The molecule has 80 heavy (non-hydrogen) atoms. The van der Waals surface area contributed by atoms with Gasteiger partial charge in [-0.3, -0.25) is 19.2 Å². The van der Waals surface area contributed by atoms with E-state index in [1.54, 1.807) is 66.9 Å². The van der Waals surface area contributed by atoms with Gasteiger partial charge in [-0.05, 0) is 141 Å². The Kier molecular flexibility index (Phi) is 26.5. The highest BCUT2D eigenvalue weighted by Crippen LogP contribution is 2.40. The van der Waals surface area contributed by atoms with Gasteiger partial charge in [-0.1, -0.05) is 71.1 Å². The van der Waals surface area contributed by atoms with Gasteiger partial charge in [0.15, 0.2) is 11.4 Å². The summed E-state index contributed by atoms with van der Waals surface area (Å²) in [5, 5.41) is 33.2. The number of piperidine rings is 1. The lowest BCUT2D eigenvalue weighted by atomic mass is 9.78. The molecule has 456 valence electrons. The van der Waals surface area contributed by atoms with E-state index in [1.165, 1.54) is 7.11 Å². The maximum atomic E-state index is 14.6. The molecule has 3 N–H and O–H groups in total. The first-order chi connectivity index (χ1) is 37.4. The molecule has 4 aliphatic rings. The maximum Gasteiger partial charge on any atom is 0.416 e. The van der Waals surface area contributed by atoms with Crippen molar-refractivity contribution in [3.63, 3.8) is 0 Å². The van der Waals surface area contributed by atoms with Gasteiger partial charge in [0, 0.05) is 51.4 Å². The Balaban J connectivity index is 1.74. The van der Waals surface area contributed by atoms with Gasteiger partial charge in [0.05, 0.1) is 49.8 Å². The summed E-state index contributed by atoms with van der Waals surface area (Å²) in [6.07, 6.45) is 5.15. The van der Waals surface area contributed by atoms with E-state index in [4.69, 9.17) is 33.2 Å². The second-order valence-corrected chi connectivity index (χ2v) is 24.4. The van der Waals surface area contributed by atoms with Crippen molar-refractivity contribution in [2.45, 2.75) is 232 Å². The summed E-state index contributed by atoms with van der Waals surface area (Å²) in [6, 6.07) is -1.23. The molecule has 0 spiro atoms. The number of hydrogen-bond donors (Lipinski definition) is 3. The summed E-state index contributed by atoms with van der Waals surface area (Å²) in [6.45, 7) is 17.5.